The van der Waals surface area contributed by atoms with E-state index in [1.807, 2.05) is 18.2 Å². The van der Waals surface area contributed by atoms with Crippen molar-refractivity contribution in [2.24, 2.45) is 5.92 Å². The van der Waals surface area contributed by atoms with Crippen LogP contribution >= 0.6 is 0 Å². The van der Waals surface area contributed by atoms with Gasteiger partial charge in [-0.25, -0.2) is 4.39 Å². The highest BCUT2D eigenvalue weighted by Gasteiger charge is 2.35. The van der Waals surface area contributed by atoms with Gasteiger partial charge in [0.2, 0.25) is 0 Å². The van der Waals surface area contributed by atoms with E-state index in [4.69, 9.17) is 4.74 Å². The lowest BCUT2D eigenvalue weighted by molar-refractivity contribution is -0.0660. The maximum absolute atomic E-state index is 14.5. The average molecular weight is 526 g/mol. The lowest BCUT2D eigenvalue weighted by Gasteiger charge is -2.43. The summed E-state index contributed by atoms with van der Waals surface area (Å²) in [7, 11) is 0. The summed E-state index contributed by atoms with van der Waals surface area (Å²) >= 11 is 0. The maximum atomic E-state index is 14.5. The van der Waals surface area contributed by atoms with Gasteiger partial charge < -0.3 is 15.0 Å². The summed E-state index contributed by atoms with van der Waals surface area (Å²) in [6.07, 6.45) is 1.98. The van der Waals surface area contributed by atoms with E-state index in [1.54, 1.807) is 18.2 Å². The summed E-state index contributed by atoms with van der Waals surface area (Å²) in [6, 6.07) is 21.1. The number of aromatic nitrogens is 2. The Bertz CT molecular complexity index is 1490. The molecule has 1 aromatic heterocycles. The summed E-state index contributed by atoms with van der Waals surface area (Å²) in [6.45, 7) is 5.86. The predicted octanol–water partition coefficient (Wildman–Crippen LogP) is 4.77. The van der Waals surface area contributed by atoms with E-state index < -0.39 is 0 Å². The van der Waals surface area contributed by atoms with Crippen LogP contribution in [0.1, 0.15) is 34.8 Å². The van der Waals surface area contributed by atoms with Gasteiger partial charge in [-0.05, 0) is 55.2 Å². The van der Waals surface area contributed by atoms with Crippen LogP contribution in [0.5, 0.6) is 0 Å². The van der Waals surface area contributed by atoms with Gasteiger partial charge in [0.1, 0.15) is 5.82 Å². The number of fused-ring (bicyclic) bond motifs is 1. The number of piperazine rings is 1. The number of H-pyrrole nitrogens is 1. The lowest BCUT2D eigenvalue weighted by Crippen LogP contribution is -2.56. The molecule has 7 rings (SSSR count). The fourth-order valence-corrected chi connectivity index (χ4v) is 5.82. The van der Waals surface area contributed by atoms with Crippen molar-refractivity contribution in [3.8, 4) is 11.3 Å². The van der Waals surface area contributed by atoms with Crippen LogP contribution in [-0.2, 0) is 4.74 Å². The molecule has 3 aromatic carbocycles. The number of benzene rings is 3. The molecule has 8 heteroatoms. The van der Waals surface area contributed by atoms with Gasteiger partial charge in [-0.3, -0.25) is 14.8 Å². The van der Waals surface area contributed by atoms with E-state index >= 15 is 0 Å². The molecule has 1 saturated carbocycles. The molecule has 0 unspecified atom stereocenters. The molecule has 2 N–H and O–H groups in total. The number of amides is 1. The molecule has 39 heavy (non-hydrogen) atoms. The monoisotopic (exact) mass is 525 g/mol. The standard InChI is InChI=1S/C31H32FN5O2/c32-27-4-2-1-3-25(27)29(20-5-6-20)33-31(38)22-9-12-28-26(17-22)30(35-34-28)21-7-10-23(11-8-21)36-13-15-37(16-14-36)24-18-39-19-24/h1-4,7-12,17,20,24,29H,5-6,13-16,18-19H2,(H,33,38)(H,34,35)/t29-/m1/s1. The second-order valence-electron chi connectivity index (χ2n) is 10.9. The topological polar surface area (TPSA) is 73.5 Å². The second kappa shape index (κ2) is 10.1. The molecule has 1 atom stereocenters. The average Bonchev–Trinajstić information content (AvgIpc) is 3.70. The molecule has 3 heterocycles. The molecule has 0 radical (unpaired) electrons. The third-order valence-electron chi connectivity index (χ3n) is 8.40. The van der Waals surface area contributed by atoms with Crippen molar-refractivity contribution in [1.29, 1.82) is 0 Å². The van der Waals surface area contributed by atoms with Gasteiger partial charge in [0.05, 0.1) is 36.5 Å². The minimum absolute atomic E-state index is 0.202. The Morgan fingerprint density at radius 3 is 2.46 bits per heavy atom. The van der Waals surface area contributed by atoms with Crippen molar-refractivity contribution in [1.82, 2.24) is 20.4 Å². The molecular weight excluding hydrogens is 493 g/mol. The van der Waals surface area contributed by atoms with E-state index in [9.17, 15) is 9.18 Å². The van der Waals surface area contributed by atoms with Crippen molar-refractivity contribution >= 4 is 22.5 Å². The Balaban J connectivity index is 1.08. The van der Waals surface area contributed by atoms with Crippen LogP contribution in [0.25, 0.3) is 22.2 Å². The van der Waals surface area contributed by atoms with Crippen LogP contribution in [0.4, 0.5) is 10.1 Å². The summed E-state index contributed by atoms with van der Waals surface area (Å²) in [5.74, 6) is -0.208. The van der Waals surface area contributed by atoms with Gasteiger partial charge in [0, 0.05) is 53.9 Å². The van der Waals surface area contributed by atoms with Gasteiger partial charge in [-0.2, -0.15) is 5.10 Å². The van der Waals surface area contributed by atoms with Gasteiger partial charge in [0.15, 0.2) is 0 Å². The largest absolute Gasteiger partial charge is 0.378 e. The van der Waals surface area contributed by atoms with Crippen LogP contribution in [-0.4, -0.2) is 66.4 Å². The van der Waals surface area contributed by atoms with Gasteiger partial charge in [-0.1, -0.05) is 30.3 Å². The van der Waals surface area contributed by atoms with Crippen molar-refractivity contribution in [3.63, 3.8) is 0 Å². The zero-order valence-electron chi connectivity index (χ0n) is 21.8. The Hall–Kier alpha value is -3.75. The summed E-state index contributed by atoms with van der Waals surface area (Å²) < 4.78 is 19.9. The zero-order chi connectivity index (χ0) is 26.3. The Kier molecular flexibility index (Phi) is 6.29. The van der Waals surface area contributed by atoms with Crippen LogP contribution < -0.4 is 10.2 Å². The SMILES string of the molecule is O=C(N[C@@H](c1ccccc1F)C1CC1)c1ccc2[nH]nc(-c3ccc(N4CCN(C5COC5)CC4)cc3)c2c1. The van der Waals surface area contributed by atoms with Crippen LogP contribution in [0.2, 0.25) is 0 Å². The fourth-order valence-electron chi connectivity index (χ4n) is 5.82. The number of halogens is 1. The minimum atomic E-state index is -0.324. The van der Waals surface area contributed by atoms with E-state index in [0.29, 0.717) is 17.2 Å². The molecule has 3 fully saturated rings. The second-order valence-corrected chi connectivity index (χ2v) is 10.9. The van der Waals surface area contributed by atoms with E-state index in [-0.39, 0.29) is 23.7 Å². The first-order valence-electron chi connectivity index (χ1n) is 13.8. The Morgan fingerprint density at radius 1 is 1.00 bits per heavy atom. The molecule has 0 spiro atoms. The van der Waals surface area contributed by atoms with E-state index in [1.165, 1.54) is 11.8 Å². The number of ether oxygens (including phenoxy) is 1. The predicted molar refractivity (Wildman–Crippen MR) is 149 cm³/mol. The summed E-state index contributed by atoms with van der Waals surface area (Å²) in [5, 5.41) is 11.7. The highest BCUT2D eigenvalue weighted by molar-refractivity contribution is 6.01. The number of carbonyl (C=O) groups excluding carboxylic acids is 1. The van der Waals surface area contributed by atoms with Gasteiger partial charge in [-0.15, -0.1) is 0 Å². The molecule has 7 nitrogen and oxygen atoms in total. The van der Waals surface area contributed by atoms with Crippen LogP contribution in [0, 0.1) is 11.7 Å². The first-order chi connectivity index (χ1) is 19.1. The smallest absolute Gasteiger partial charge is 0.251 e. The molecule has 0 bridgehead atoms. The molecule has 200 valence electrons. The Morgan fingerprint density at radius 2 is 1.77 bits per heavy atom. The maximum Gasteiger partial charge on any atom is 0.251 e. The number of hydrogen-bond donors (Lipinski definition) is 2. The number of nitrogens with one attached hydrogen (secondary N) is 2. The van der Waals surface area contributed by atoms with Crippen molar-refractivity contribution in [2.45, 2.75) is 24.9 Å². The van der Waals surface area contributed by atoms with E-state index in [0.717, 1.165) is 74.4 Å². The normalized spacial score (nSPS) is 19.2. The van der Waals surface area contributed by atoms with Crippen LogP contribution in [0.15, 0.2) is 66.7 Å². The number of hydrogen-bond acceptors (Lipinski definition) is 5. The van der Waals surface area contributed by atoms with Crippen molar-refractivity contribution in [2.75, 3.05) is 44.3 Å². The highest BCUT2D eigenvalue weighted by atomic mass is 19.1. The molecule has 2 saturated heterocycles. The summed E-state index contributed by atoms with van der Waals surface area (Å²) in [4.78, 5) is 18.3. The Labute approximate surface area is 226 Å². The van der Waals surface area contributed by atoms with E-state index in [2.05, 4.69) is 49.6 Å². The third kappa shape index (κ3) is 4.79. The molecule has 2 aliphatic heterocycles. The van der Waals surface area contributed by atoms with Crippen molar-refractivity contribution < 1.29 is 13.9 Å². The first-order valence-corrected chi connectivity index (χ1v) is 13.8. The lowest BCUT2D eigenvalue weighted by atomic mass is 10.0. The van der Waals surface area contributed by atoms with Crippen LogP contribution in [0.3, 0.4) is 0 Å². The number of rotatable bonds is 7. The molecule has 1 amide bonds. The summed E-state index contributed by atoms with van der Waals surface area (Å²) in [5.41, 5.74) is 4.98. The molecule has 3 aliphatic rings. The quantitative estimate of drug-likeness (QED) is 0.364. The number of anilines is 1. The first kappa shape index (κ1) is 24.3. The number of nitrogens with zero attached hydrogens (tertiary/aromatic N) is 3. The van der Waals surface area contributed by atoms with Gasteiger partial charge in [0.25, 0.3) is 5.91 Å². The molecule has 4 aromatic rings. The third-order valence-corrected chi connectivity index (χ3v) is 8.40. The number of aromatic amines is 1. The van der Waals surface area contributed by atoms with Crippen molar-refractivity contribution in [3.05, 3.63) is 83.7 Å². The van der Waals surface area contributed by atoms with Gasteiger partial charge >= 0.3 is 0 Å². The highest BCUT2D eigenvalue weighted by Crippen LogP contribution is 2.42. The fraction of sp³-hybridized carbons (Fsp3) is 0.355. The zero-order valence-corrected chi connectivity index (χ0v) is 21.8. The molecule has 1 aliphatic carbocycles. The minimum Gasteiger partial charge on any atom is -0.378 e. The number of carbonyl (C=O) groups is 1. The molecular formula is C31H32FN5O2.